The molecule has 0 fully saturated rings. The van der Waals surface area contributed by atoms with Crippen LogP contribution in [0.25, 0.3) is 5.73 Å². The van der Waals surface area contributed by atoms with Gasteiger partial charge in [-0.15, -0.1) is 0 Å². The summed E-state index contributed by atoms with van der Waals surface area (Å²) in [5, 5.41) is 11.2. The van der Waals surface area contributed by atoms with E-state index in [9.17, 15) is 9.59 Å². The zero-order chi connectivity index (χ0) is 21.3. The summed E-state index contributed by atoms with van der Waals surface area (Å²) in [6, 6.07) is 0. The molecule has 165 valence electrons. The maximum Gasteiger partial charge on any atom is 0.306 e. The molecule has 0 aliphatic rings. The molecule has 1 amide bonds. The Morgan fingerprint density at radius 2 is 1.57 bits per heavy atom. The zero-order valence-corrected chi connectivity index (χ0v) is 21.0. The van der Waals surface area contributed by atoms with Crippen LogP contribution in [0.1, 0.15) is 53.9 Å². The number of amides is 1. The summed E-state index contributed by atoms with van der Waals surface area (Å²) >= 11 is 0. The summed E-state index contributed by atoms with van der Waals surface area (Å²) in [5.74, 6) is -0.618. The standard InChI is InChI=1S/C16H31NO7.C2H6N.Y/c1-15(2,8-10-22-16(3,4)12-24-20)23-11-9-17-13(18)6-7-14(19)21-5;1-2-3;/h20H,6-12H2,1-5H3,(H,17,18);3H,2H2,1H3;/q;-1;. The van der Waals surface area contributed by atoms with Gasteiger partial charge in [0.15, 0.2) is 0 Å². The molecule has 0 spiro atoms. The Bertz CT molecular complexity index is 407. The molecule has 0 aliphatic carbocycles. The fraction of sp³-hybridized carbons (Fsp3) is 0.889. The number of nitrogens with one attached hydrogen (secondary N) is 2. The smallest absolute Gasteiger partial charge is 0.306 e. The van der Waals surface area contributed by atoms with Gasteiger partial charge in [-0.2, -0.15) is 6.54 Å². The van der Waals surface area contributed by atoms with Crippen molar-refractivity contribution in [1.82, 2.24) is 5.32 Å². The number of rotatable bonds is 13. The van der Waals surface area contributed by atoms with E-state index in [1.807, 2.05) is 27.7 Å². The first-order chi connectivity index (χ1) is 12.5. The number of methoxy groups -OCH3 is 1. The summed E-state index contributed by atoms with van der Waals surface area (Å²) in [7, 11) is 1.29. The first kappa shape index (κ1) is 32.5. The molecular formula is C18H37N2O7Y-. The Kier molecular flexibility index (Phi) is 21.9. The van der Waals surface area contributed by atoms with Crippen LogP contribution >= 0.6 is 0 Å². The van der Waals surface area contributed by atoms with E-state index >= 15 is 0 Å². The molecule has 9 nitrogen and oxygen atoms in total. The number of hydrogen-bond acceptors (Lipinski definition) is 7. The largest absolute Gasteiger partial charge is 0.678 e. The van der Waals surface area contributed by atoms with Crippen molar-refractivity contribution in [3.63, 3.8) is 0 Å². The second kappa shape index (κ2) is 18.8. The predicted octanol–water partition coefficient (Wildman–Crippen LogP) is 2.58. The van der Waals surface area contributed by atoms with E-state index in [-0.39, 0.29) is 58.1 Å². The number of carbonyl (C=O) groups is 2. The van der Waals surface area contributed by atoms with Gasteiger partial charge in [0.2, 0.25) is 5.91 Å². The third-order valence-electron chi connectivity index (χ3n) is 3.31. The van der Waals surface area contributed by atoms with Crippen LogP contribution in [0.2, 0.25) is 0 Å². The molecular weight excluding hydrogens is 445 g/mol. The summed E-state index contributed by atoms with van der Waals surface area (Å²) in [4.78, 5) is 26.5. The molecule has 0 bridgehead atoms. The summed E-state index contributed by atoms with van der Waals surface area (Å²) in [6.45, 7) is 11.1. The molecule has 0 atom stereocenters. The van der Waals surface area contributed by atoms with Gasteiger partial charge in [-0.3, -0.25) is 14.8 Å². The quantitative estimate of drug-likeness (QED) is 0.179. The molecule has 0 saturated carbocycles. The van der Waals surface area contributed by atoms with Crippen molar-refractivity contribution >= 4 is 11.9 Å². The molecule has 28 heavy (non-hydrogen) atoms. The number of ether oxygens (including phenoxy) is 3. The van der Waals surface area contributed by atoms with Crippen molar-refractivity contribution in [2.45, 2.75) is 65.1 Å². The van der Waals surface area contributed by atoms with Crippen molar-refractivity contribution in [2.75, 3.05) is 40.0 Å². The molecule has 0 aromatic carbocycles. The molecule has 10 heteroatoms. The molecule has 3 N–H and O–H groups in total. The Balaban J connectivity index is -0.00000146. The summed E-state index contributed by atoms with van der Waals surface area (Å²) in [5.41, 5.74) is 5.23. The Morgan fingerprint density at radius 1 is 1.04 bits per heavy atom. The van der Waals surface area contributed by atoms with Gasteiger partial charge in [-0.1, -0.05) is 6.92 Å². The normalized spacial score (nSPS) is 11.0. The minimum atomic E-state index is -0.571. The number of hydrogen-bond donors (Lipinski definition) is 2. The number of esters is 1. The molecule has 0 aromatic rings. The topological polar surface area (TPSA) is 127 Å². The minimum absolute atomic E-state index is 0. The Morgan fingerprint density at radius 3 is 2.07 bits per heavy atom. The van der Waals surface area contributed by atoms with Crippen LogP contribution in [0.15, 0.2) is 0 Å². The van der Waals surface area contributed by atoms with E-state index in [0.29, 0.717) is 32.7 Å². The van der Waals surface area contributed by atoms with Gasteiger partial charge >= 0.3 is 5.97 Å². The van der Waals surface area contributed by atoms with Gasteiger partial charge in [-0.25, -0.2) is 4.89 Å². The minimum Gasteiger partial charge on any atom is -0.678 e. The fourth-order valence-corrected chi connectivity index (χ4v) is 1.77. The third kappa shape index (κ3) is 22.1. The molecule has 0 aliphatic heterocycles. The van der Waals surface area contributed by atoms with Crippen molar-refractivity contribution in [2.24, 2.45) is 0 Å². The van der Waals surface area contributed by atoms with Gasteiger partial charge in [0.1, 0.15) is 6.61 Å². The van der Waals surface area contributed by atoms with Crippen LogP contribution in [0.5, 0.6) is 0 Å². The fourth-order valence-electron chi connectivity index (χ4n) is 1.77. The van der Waals surface area contributed by atoms with E-state index in [1.54, 1.807) is 6.92 Å². The van der Waals surface area contributed by atoms with E-state index in [1.165, 1.54) is 7.11 Å². The van der Waals surface area contributed by atoms with E-state index < -0.39 is 17.2 Å². The average molecular weight is 482 g/mol. The zero-order valence-electron chi connectivity index (χ0n) is 18.1. The van der Waals surface area contributed by atoms with Gasteiger partial charge in [0.05, 0.1) is 37.9 Å². The van der Waals surface area contributed by atoms with Gasteiger partial charge in [-0.05, 0) is 34.1 Å². The van der Waals surface area contributed by atoms with E-state index in [0.717, 1.165) is 0 Å². The monoisotopic (exact) mass is 482 g/mol. The molecule has 1 radical (unpaired) electrons. The Hall–Kier alpha value is -0.156. The van der Waals surface area contributed by atoms with Crippen LogP contribution < -0.4 is 5.32 Å². The maximum atomic E-state index is 11.5. The second-order valence-electron chi connectivity index (χ2n) is 7.02. The Labute approximate surface area is 194 Å². The van der Waals surface area contributed by atoms with Gasteiger partial charge < -0.3 is 25.3 Å². The SMILES string of the molecule is CC[NH-].COC(=O)CCC(=O)NCCOC(C)(C)CCOC(C)(C)COO.[Y]. The van der Waals surface area contributed by atoms with Crippen LogP contribution in [0, 0.1) is 0 Å². The summed E-state index contributed by atoms with van der Waals surface area (Å²) in [6.07, 6.45) is 0.823. The van der Waals surface area contributed by atoms with Crippen LogP contribution in [-0.4, -0.2) is 68.4 Å². The first-order valence-corrected chi connectivity index (χ1v) is 9.06. The van der Waals surface area contributed by atoms with Crippen molar-refractivity contribution in [1.29, 1.82) is 0 Å². The average Bonchev–Trinajstić information content (AvgIpc) is 2.56. The number of carbonyl (C=O) groups excluding carboxylic acids is 2. The third-order valence-corrected chi connectivity index (χ3v) is 3.31. The predicted molar refractivity (Wildman–Crippen MR) is 102 cm³/mol. The molecule has 0 rings (SSSR count). The van der Waals surface area contributed by atoms with E-state index in [4.69, 9.17) is 20.5 Å². The van der Waals surface area contributed by atoms with Crippen molar-refractivity contribution in [3.8, 4) is 0 Å². The van der Waals surface area contributed by atoms with E-state index in [2.05, 4.69) is 14.9 Å². The van der Waals surface area contributed by atoms with Crippen LogP contribution in [0.3, 0.4) is 0 Å². The molecule has 0 saturated heterocycles. The molecule has 0 heterocycles. The van der Waals surface area contributed by atoms with Gasteiger partial charge in [0.25, 0.3) is 0 Å². The summed E-state index contributed by atoms with van der Waals surface area (Å²) < 4.78 is 15.8. The van der Waals surface area contributed by atoms with Gasteiger partial charge in [0, 0.05) is 45.7 Å². The molecule has 0 unspecified atom stereocenters. The van der Waals surface area contributed by atoms with Crippen molar-refractivity contribution in [3.05, 3.63) is 5.73 Å². The second-order valence-corrected chi connectivity index (χ2v) is 7.02. The van der Waals surface area contributed by atoms with Crippen molar-refractivity contribution < 1.29 is 66.7 Å². The first-order valence-electron chi connectivity index (χ1n) is 9.06. The van der Waals surface area contributed by atoms with Crippen LogP contribution in [0.4, 0.5) is 0 Å². The van der Waals surface area contributed by atoms with Crippen LogP contribution in [-0.2, 0) is 61.4 Å². The maximum absolute atomic E-state index is 11.5. The molecule has 0 aromatic heterocycles.